The van der Waals surface area contributed by atoms with Gasteiger partial charge in [0.2, 0.25) is 5.91 Å². The number of fused-ring (bicyclic) bond motifs is 1. The van der Waals surface area contributed by atoms with Gasteiger partial charge in [-0.15, -0.1) is 0 Å². The summed E-state index contributed by atoms with van der Waals surface area (Å²) in [7, 11) is 1.70. The first kappa shape index (κ1) is 21.5. The lowest BCUT2D eigenvalue weighted by atomic mass is 10.2. The van der Waals surface area contributed by atoms with Crippen molar-refractivity contribution in [2.45, 2.75) is 26.7 Å². The van der Waals surface area contributed by atoms with Crippen LogP contribution in [0.2, 0.25) is 0 Å². The molecular weight excluding hydrogens is 366 g/mol. The number of para-hydroxylation sites is 1. The zero-order chi connectivity index (χ0) is 20.6. The number of methoxy groups -OCH3 is 1. The van der Waals surface area contributed by atoms with Gasteiger partial charge >= 0.3 is 0 Å². The molecule has 0 bridgehead atoms. The molecule has 1 aromatic heterocycles. The van der Waals surface area contributed by atoms with E-state index in [0.29, 0.717) is 26.1 Å². The third-order valence-electron chi connectivity index (χ3n) is 5.58. The molecule has 7 nitrogen and oxygen atoms in total. The highest BCUT2D eigenvalue weighted by atomic mass is 16.5. The summed E-state index contributed by atoms with van der Waals surface area (Å²) in [5.41, 5.74) is 0.943. The van der Waals surface area contributed by atoms with E-state index in [4.69, 9.17) is 9.72 Å². The molecule has 1 aliphatic rings. The van der Waals surface area contributed by atoms with Crippen LogP contribution >= 0.6 is 0 Å². The zero-order valence-electron chi connectivity index (χ0n) is 17.9. The third-order valence-corrected chi connectivity index (χ3v) is 5.58. The molecule has 2 aromatic rings. The van der Waals surface area contributed by atoms with Crippen LogP contribution in [-0.4, -0.2) is 85.2 Å². The number of anilines is 1. The van der Waals surface area contributed by atoms with Crippen molar-refractivity contribution in [3.63, 3.8) is 0 Å². The first-order valence-electron chi connectivity index (χ1n) is 10.7. The van der Waals surface area contributed by atoms with Gasteiger partial charge in [0, 0.05) is 64.6 Å². The second kappa shape index (κ2) is 10.5. The number of amides is 1. The Kier molecular flexibility index (Phi) is 7.77. The molecule has 1 fully saturated rings. The number of benzene rings is 1. The van der Waals surface area contributed by atoms with Gasteiger partial charge in [0.05, 0.1) is 12.1 Å². The van der Waals surface area contributed by atoms with Crippen molar-refractivity contribution in [3.8, 4) is 0 Å². The molecule has 1 aromatic carbocycles. The van der Waals surface area contributed by atoms with Gasteiger partial charge < -0.3 is 19.4 Å². The van der Waals surface area contributed by atoms with Crippen molar-refractivity contribution in [2.75, 3.05) is 64.4 Å². The summed E-state index contributed by atoms with van der Waals surface area (Å²) in [6.45, 7) is 10.8. The van der Waals surface area contributed by atoms with Crippen LogP contribution in [0.3, 0.4) is 0 Å². The fourth-order valence-corrected chi connectivity index (χ4v) is 3.73. The lowest BCUT2D eigenvalue weighted by Gasteiger charge is -2.34. The van der Waals surface area contributed by atoms with E-state index in [1.807, 2.05) is 23.1 Å². The predicted octanol–water partition coefficient (Wildman–Crippen LogP) is 2.20. The number of rotatable bonds is 9. The number of ether oxygens (including phenoxy) is 1. The molecule has 7 heteroatoms. The minimum absolute atomic E-state index is 0.220. The van der Waals surface area contributed by atoms with Crippen molar-refractivity contribution >= 4 is 22.6 Å². The van der Waals surface area contributed by atoms with Crippen LogP contribution in [0, 0.1) is 0 Å². The SMILES string of the molecule is CCc1nc(N(CCOC)CCC(=O)N2CCN(CC)CC2)c2ccccc2n1. The number of hydrogen-bond acceptors (Lipinski definition) is 6. The Labute approximate surface area is 173 Å². The number of carbonyl (C=O) groups is 1. The van der Waals surface area contributed by atoms with Crippen molar-refractivity contribution in [1.82, 2.24) is 19.8 Å². The third kappa shape index (κ3) is 5.42. The smallest absolute Gasteiger partial charge is 0.224 e. The van der Waals surface area contributed by atoms with Crippen molar-refractivity contribution in [3.05, 3.63) is 30.1 Å². The summed E-state index contributed by atoms with van der Waals surface area (Å²) in [6.07, 6.45) is 1.26. The van der Waals surface area contributed by atoms with Gasteiger partial charge in [-0.1, -0.05) is 26.0 Å². The van der Waals surface area contributed by atoms with Crippen LogP contribution in [0.15, 0.2) is 24.3 Å². The monoisotopic (exact) mass is 399 g/mol. The van der Waals surface area contributed by atoms with Crippen molar-refractivity contribution < 1.29 is 9.53 Å². The summed E-state index contributed by atoms with van der Waals surface area (Å²) in [5, 5.41) is 1.02. The summed E-state index contributed by atoms with van der Waals surface area (Å²) < 4.78 is 5.32. The number of carbonyl (C=O) groups excluding carboxylic acids is 1. The van der Waals surface area contributed by atoms with Gasteiger partial charge in [0.15, 0.2) is 0 Å². The van der Waals surface area contributed by atoms with E-state index in [-0.39, 0.29) is 5.91 Å². The second-order valence-corrected chi connectivity index (χ2v) is 7.38. The highest BCUT2D eigenvalue weighted by Crippen LogP contribution is 2.24. The molecule has 1 amide bonds. The first-order chi connectivity index (χ1) is 14.2. The number of hydrogen-bond donors (Lipinski definition) is 0. The molecule has 0 N–H and O–H groups in total. The summed E-state index contributed by atoms with van der Waals surface area (Å²) >= 11 is 0. The maximum Gasteiger partial charge on any atom is 0.224 e. The van der Waals surface area contributed by atoms with E-state index in [1.54, 1.807) is 7.11 Å². The summed E-state index contributed by atoms with van der Waals surface area (Å²) in [4.78, 5) is 28.8. The van der Waals surface area contributed by atoms with Crippen LogP contribution in [0.5, 0.6) is 0 Å². The Hall–Kier alpha value is -2.25. The Balaban J connectivity index is 1.75. The van der Waals surface area contributed by atoms with Crippen molar-refractivity contribution in [1.29, 1.82) is 0 Å². The lowest BCUT2D eigenvalue weighted by Crippen LogP contribution is -2.49. The number of aryl methyl sites for hydroxylation is 1. The van der Waals surface area contributed by atoms with E-state index in [0.717, 1.165) is 61.7 Å². The molecule has 0 unspecified atom stereocenters. The lowest BCUT2D eigenvalue weighted by molar-refractivity contribution is -0.132. The Morgan fingerprint density at radius 1 is 1.10 bits per heavy atom. The Morgan fingerprint density at radius 3 is 2.55 bits per heavy atom. The highest BCUT2D eigenvalue weighted by Gasteiger charge is 2.21. The molecule has 29 heavy (non-hydrogen) atoms. The Bertz CT molecular complexity index is 805. The fourth-order valence-electron chi connectivity index (χ4n) is 3.73. The van der Waals surface area contributed by atoms with Gasteiger partial charge in [0.1, 0.15) is 11.6 Å². The molecular formula is C22H33N5O2. The van der Waals surface area contributed by atoms with E-state index >= 15 is 0 Å². The average Bonchev–Trinajstić information content (AvgIpc) is 2.78. The fraction of sp³-hybridized carbons (Fsp3) is 0.591. The van der Waals surface area contributed by atoms with Crippen LogP contribution < -0.4 is 4.90 Å². The van der Waals surface area contributed by atoms with Crippen LogP contribution in [0.1, 0.15) is 26.1 Å². The van der Waals surface area contributed by atoms with Gasteiger partial charge in [-0.05, 0) is 18.7 Å². The Morgan fingerprint density at radius 2 is 1.86 bits per heavy atom. The molecule has 0 aliphatic carbocycles. The standard InChI is InChI=1S/C22H33N5O2/c1-4-20-23-19-9-7-6-8-18(19)22(24-20)27(16-17-29-3)11-10-21(28)26-14-12-25(5-2)13-15-26/h6-9H,4-5,10-17H2,1-3H3. The number of likely N-dealkylation sites (N-methyl/N-ethyl adjacent to an activating group) is 1. The number of aromatic nitrogens is 2. The van der Waals surface area contributed by atoms with E-state index in [2.05, 4.69) is 34.7 Å². The minimum atomic E-state index is 0.220. The second-order valence-electron chi connectivity index (χ2n) is 7.38. The molecule has 0 spiro atoms. The van der Waals surface area contributed by atoms with E-state index in [1.165, 1.54) is 0 Å². The quantitative estimate of drug-likeness (QED) is 0.644. The minimum Gasteiger partial charge on any atom is -0.383 e. The largest absolute Gasteiger partial charge is 0.383 e. The molecule has 3 rings (SSSR count). The maximum atomic E-state index is 12.8. The molecule has 0 saturated carbocycles. The van der Waals surface area contributed by atoms with Gasteiger partial charge in [-0.2, -0.15) is 0 Å². The van der Waals surface area contributed by atoms with Gasteiger partial charge in [0.25, 0.3) is 0 Å². The normalized spacial score (nSPS) is 15.1. The zero-order valence-corrected chi connectivity index (χ0v) is 17.9. The molecule has 1 aliphatic heterocycles. The van der Waals surface area contributed by atoms with E-state index in [9.17, 15) is 4.79 Å². The highest BCUT2D eigenvalue weighted by molar-refractivity contribution is 5.89. The molecule has 1 saturated heterocycles. The first-order valence-corrected chi connectivity index (χ1v) is 10.7. The number of piperazine rings is 1. The van der Waals surface area contributed by atoms with Crippen LogP contribution in [-0.2, 0) is 16.0 Å². The molecule has 158 valence electrons. The topological polar surface area (TPSA) is 61.8 Å². The van der Waals surface area contributed by atoms with Crippen LogP contribution in [0.25, 0.3) is 10.9 Å². The maximum absolute atomic E-state index is 12.8. The predicted molar refractivity (Wildman–Crippen MR) is 116 cm³/mol. The van der Waals surface area contributed by atoms with Gasteiger partial charge in [-0.25, -0.2) is 9.97 Å². The van der Waals surface area contributed by atoms with Gasteiger partial charge in [-0.3, -0.25) is 4.79 Å². The van der Waals surface area contributed by atoms with Crippen molar-refractivity contribution in [2.24, 2.45) is 0 Å². The van der Waals surface area contributed by atoms with Crippen LogP contribution in [0.4, 0.5) is 5.82 Å². The van der Waals surface area contributed by atoms with E-state index < -0.39 is 0 Å². The summed E-state index contributed by atoms with van der Waals surface area (Å²) in [6, 6.07) is 8.08. The average molecular weight is 400 g/mol. The number of nitrogens with zero attached hydrogens (tertiary/aromatic N) is 5. The molecule has 2 heterocycles. The molecule has 0 radical (unpaired) electrons. The summed E-state index contributed by atoms with van der Waals surface area (Å²) in [5.74, 6) is 1.94. The molecule has 0 atom stereocenters.